The van der Waals surface area contributed by atoms with Crippen LogP contribution >= 0.6 is 11.3 Å². The van der Waals surface area contributed by atoms with Gasteiger partial charge < -0.3 is 9.47 Å². The maximum absolute atomic E-state index is 12.7. The Morgan fingerprint density at radius 1 is 1.12 bits per heavy atom. The van der Waals surface area contributed by atoms with E-state index < -0.39 is 5.97 Å². The first-order chi connectivity index (χ1) is 12.5. The fourth-order valence-electron chi connectivity index (χ4n) is 2.81. The highest BCUT2D eigenvalue weighted by molar-refractivity contribution is 7.14. The minimum Gasteiger partial charge on any atom is -0.454 e. The molecule has 0 bridgehead atoms. The summed E-state index contributed by atoms with van der Waals surface area (Å²) in [4.78, 5) is 31.0. The first kappa shape index (κ1) is 18.2. The first-order valence-corrected chi connectivity index (χ1v) is 8.97. The number of para-hydroxylation sites is 1. The number of aryl methyl sites for hydroxylation is 2. The van der Waals surface area contributed by atoms with Crippen molar-refractivity contribution in [2.24, 2.45) is 0 Å². The number of ether oxygens (including phenoxy) is 2. The molecular weight excluding hydrogens is 350 g/mol. The van der Waals surface area contributed by atoms with Crippen LogP contribution < -0.4 is 0 Å². The molecule has 0 aliphatic rings. The number of esters is 1. The van der Waals surface area contributed by atoms with Crippen LogP contribution in [0.1, 0.15) is 36.2 Å². The third-order valence-corrected chi connectivity index (χ3v) is 5.10. The van der Waals surface area contributed by atoms with E-state index in [0.29, 0.717) is 16.1 Å². The molecule has 0 N–H and O–H groups in total. The van der Waals surface area contributed by atoms with Gasteiger partial charge in [-0.1, -0.05) is 18.2 Å². The molecule has 0 fully saturated rings. The number of ketones is 1. The number of pyridine rings is 1. The summed E-state index contributed by atoms with van der Waals surface area (Å²) >= 11 is 1.39. The average molecular weight is 369 g/mol. The molecule has 3 aromatic rings. The van der Waals surface area contributed by atoms with Crippen LogP contribution in [0, 0.1) is 13.8 Å². The average Bonchev–Trinajstić information content (AvgIpc) is 3.06. The number of hydrogen-bond acceptors (Lipinski definition) is 6. The molecule has 0 aliphatic heterocycles. The quantitative estimate of drug-likeness (QED) is 0.483. The van der Waals surface area contributed by atoms with E-state index in [-0.39, 0.29) is 19.0 Å². The maximum Gasteiger partial charge on any atom is 0.340 e. The van der Waals surface area contributed by atoms with E-state index in [2.05, 4.69) is 4.98 Å². The molecule has 0 spiro atoms. The number of rotatable bonds is 6. The van der Waals surface area contributed by atoms with Crippen molar-refractivity contribution in [2.75, 3.05) is 13.7 Å². The van der Waals surface area contributed by atoms with E-state index >= 15 is 0 Å². The number of hydrogen-bond donors (Lipinski definition) is 0. The molecule has 2 aromatic heterocycles. The van der Waals surface area contributed by atoms with Crippen molar-refractivity contribution in [2.45, 2.75) is 20.5 Å². The molecule has 5 nitrogen and oxygen atoms in total. The molecule has 2 heterocycles. The molecule has 134 valence electrons. The summed E-state index contributed by atoms with van der Waals surface area (Å²) in [7, 11) is 1.55. The van der Waals surface area contributed by atoms with Crippen molar-refractivity contribution in [1.82, 2.24) is 4.98 Å². The number of carbonyl (C=O) groups excluding carboxylic acids is 2. The van der Waals surface area contributed by atoms with E-state index in [0.717, 1.165) is 21.3 Å². The molecule has 6 heteroatoms. The molecule has 0 aliphatic carbocycles. The Balaban J connectivity index is 1.88. The summed E-state index contributed by atoms with van der Waals surface area (Å²) in [6, 6.07) is 11.2. The van der Waals surface area contributed by atoms with Gasteiger partial charge in [-0.3, -0.25) is 4.79 Å². The lowest BCUT2D eigenvalue weighted by Crippen LogP contribution is -2.17. The Hall–Kier alpha value is -2.57. The van der Waals surface area contributed by atoms with Crippen molar-refractivity contribution in [1.29, 1.82) is 0 Å². The van der Waals surface area contributed by atoms with Crippen LogP contribution in [0.3, 0.4) is 0 Å². The standard InChI is InChI=1S/C20H19NO4S/c1-12-8-9-18(26-12)17(22)11-25-20(23)19-13(2)14-6-4-5-7-15(14)21-16(19)10-24-3/h4-9H,10-11H2,1-3H3. The topological polar surface area (TPSA) is 65.5 Å². The number of nitrogens with zero attached hydrogens (tertiary/aromatic N) is 1. The van der Waals surface area contributed by atoms with Crippen molar-refractivity contribution >= 4 is 34.0 Å². The summed E-state index contributed by atoms with van der Waals surface area (Å²) < 4.78 is 10.5. The van der Waals surface area contributed by atoms with Crippen LogP contribution in [0.2, 0.25) is 0 Å². The van der Waals surface area contributed by atoms with Crippen LogP contribution in [0.4, 0.5) is 0 Å². The van der Waals surface area contributed by atoms with Crippen LogP contribution in [-0.2, 0) is 16.1 Å². The summed E-state index contributed by atoms with van der Waals surface area (Å²) in [5.41, 5.74) is 2.43. The monoisotopic (exact) mass is 369 g/mol. The molecule has 0 saturated heterocycles. The molecule has 26 heavy (non-hydrogen) atoms. The molecule has 0 unspecified atom stereocenters. The SMILES string of the molecule is COCc1nc2ccccc2c(C)c1C(=O)OCC(=O)c1ccc(C)s1. The highest BCUT2D eigenvalue weighted by Crippen LogP contribution is 2.24. The lowest BCUT2D eigenvalue weighted by Gasteiger charge is -2.13. The molecule has 0 radical (unpaired) electrons. The minimum absolute atomic E-state index is 0.189. The van der Waals surface area contributed by atoms with Crippen LogP contribution in [0.25, 0.3) is 10.9 Å². The summed E-state index contributed by atoms with van der Waals surface area (Å²) in [6.07, 6.45) is 0. The zero-order valence-corrected chi connectivity index (χ0v) is 15.7. The van der Waals surface area contributed by atoms with Crippen molar-refractivity contribution < 1.29 is 19.1 Å². The van der Waals surface area contributed by atoms with Crippen LogP contribution in [0.5, 0.6) is 0 Å². The summed E-state index contributed by atoms with van der Waals surface area (Å²) in [5.74, 6) is -0.773. The molecule has 0 atom stereocenters. The van der Waals surface area contributed by atoms with E-state index in [1.54, 1.807) is 13.2 Å². The van der Waals surface area contributed by atoms with Gasteiger partial charge in [0.2, 0.25) is 5.78 Å². The zero-order chi connectivity index (χ0) is 18.7. The Morgan fingerprint density at radius 3 is 2.58 bits per heavy atom. The number of carbonyl (C=O) groups is 2. The Bertz CT molecular complexity index is 977. The van der Waals surface area contributed by atoms with E-state index in [9.17, 15) is 9.59 Å². The second kappa shape index (κ2) is 7.76. The second-order valence-corrected chi connectivity index (χ2v) is 7.21. The minimum atomic E-state index is -0.561. The first-order valence-electron chi connectivity index (χ1n) is 8.15. The zero-order valence-electron chi connectivity index (χ0n) is 14.9. The number of thiophene rings is 1. The Kier molecular flexibility index (Phi) is 5.44. The molecule has 0 saturated carbocycles. The van der Waals surface area contributed by atoms with Gasteiger partial charge in [0.25, 0.3) is 0 Å². The van der Waals surface area contributed by atoms with Crippen molar-refractivity contribution in [3.05, 3.63) is 63.0 Å². The smallest absolute Gasteiger partial charge is 0.340 e. The highest BCUT2D eigenvalue weighted by Gasteiger charge is 2.21. The van der Waals surface area contributed by atoms with Gasteiger partial charge in [0.1, 0.15) is 0 Å². The lowest BCUT2D eigenvalue weighted by atomic mass is 10.0. The van der Waals surface area contributed by atoms with Gasteiger partial charge in [-0.2, -0.15) is 0 Å². The van der Waals surface area contributed by atoms with Gasteiger partial charge in [0.05, 0.1) is 28.3 Å². The predicted molar refractivity (Wildman–Crippen MR) is 101 cm³/mol. The van der Waals surface area contributed by atoms with E-state index in [1.165, 1.54) is 11.3 Å². The lowest BCUT2D eigenvalue weighted by molar-refractivity contribution is 0.0470. The molecular formula is C20H19NO4S. The second-order valence-electron chi connectivity index (χ2n) is 5.92. The van der Waals surface area contributed by atoms with Gasteiger partial charge >= 0.3 is 5.97 Å². The third kappa shape index (κ3) is 3.66. The van der Waals surface area contributed by atoms with Crippen molar-refractivity contribution in [3.63, 3.8) is 0 Å². The van der Waals surface area contributed by atoms with Crippen molar-refractivity contribution in [3.8, 4) is 0 Å². The summed E-state index contributed by atoms with van der Waals surface area (Å²) in [5, 5.41) is 0.875. The Morgan fingerprint density at radius 2 is 1.88 bits per heavy atom. The summed E-state index contributed by atoms with van der Waals surface area (Å²) in [6.45, 7) is 3.67. The number of fused-ring (bicyclic) bond motifs is 1. The molecule has 0 amide bonds. The van der Waals surface area contributed by atoms with Gasteiger partial charge in [-0.25, -0.2) is 9.78 Å². The van der Waals surface area contributed by atoms with E-state index in [4.69, 9.17) is 9.47 Å². The van der Waals surface area contributed by atoms with Gasteiger partial charge in [-0.05, 0) is 37.6 Å². The van der Waals surface area contributed by atoms with Gasteiger partial charge in [0.15, 0.2) is 6.61 Å². The normalized spacial score (nSPS) is 10.9. The maximum atomic E-state index is 12.7. The number of methoxy groups -OCH3 is 1. The fourth-order valence-corrected chi connectivity index (χ4v) is 3.60. The van der Waals surface area contributed by atoms with Gasteiger partial charge in [-0.15, -0.1) is 11.3 Å². The third-order valence-electron chi connectivity index (χ3n) is 4.06. The van der Waals surface area contributed by atoms with Crippen LogP contribution in [-0.4, -0.2) is 30.5 Å². The highest BCUT2D eigenvalue weighted by atomic mass is 32.1. The largest absolute Gasteiger partial charge is 0.454 e. The fraction of sp³-hybridized carbons (Fsp3) is 0.250. The van der Waals surface area contributed by atoms with E-state index in [1.807, 2.05) is 44.2 Å². The number of Topliss-reactive ketones (excluding diaryl/α,β-unsaturated/α-hetero) is 1. The molecule has 1 aromatic carbocycles. The predicted octanol–water partition coefficient (Wildman–Crippen LogP) is 4.10. The number of benzene rings is 1. The number of aromatic nitrogens is 1. The van der Waals surface area contributed by atoms with Gasteiger partial charge in [0, 0.05) is 17.4 Å². The Labute approximate surface area is 155 Å². The van der Waals surface area contributed by atoms with Crippen LogP contribution in [0.15, 0.2) is 36.4 Å². The molecule has 3 rings (SSSR count).